The van der Waals surface area contributed by atoms with Crippen LogP contribution in [0.5, 0.6) is 11.5 Å². The van der Waals surface area contributed by atoms with Gasteiger partial charge < -0.3 is 9.84 Å². The SMILES string of the molecule is COc1ccc(-c2ccc(O)c(F)c2F)cc1F. The summed E-state index contributed by atoms with van der Waals surface area (Å²) in [6, 6.07) is 5.93. The molecule has 0 spiro atoms. The highest BCUT2D eigenvalue weighted by molar-refractivity contribution is 5.66. The standard InChI is InChI=1S/C13H9F3O2/c1-18-11-5-2-7(6-9(11)14)8-3-4-10(17)13(16)12(8)15/h2-6,17H,1H3. The van der Waals surface area contributed by atoms with E-state index in [1.807, 2.05) is 0 Å². The van der Waals surface area contributed by atoms with E-state index in [2.05, 4.69) is 0 Å². The van der Waals surface area contributed by atoms with Gasteiger partial charge in [0.2, 0.25) is 5.82 Å². The van der Waals surface area contributed by atoms with E-state index in [1.54, 1.807) is 0 Å². The van der Waals surface area contributed by atoms with Crippen LogP contribution >= 0.6 is 0 Å². The van der Waals surface area contributed by atoms with Crippen molar-refractivity contribution in [2.45, 2.75) is 0 Å². The van der Waals surface area contributed by atoms with E-state index in [0.717, 1.165) is 12.1 Å². The van der Waals surface area contributed by atoms with Gasteiger partial charge in [0, 0.05) is 5.56 Å². The van der Waals surface area contributed by atoms with Crippen molar-refractivity contribution in [1.82, 2.24) is 0 Å². The maximum atomic E-state index is 13.6. The van der Waals surface area contributed by atoms with E-state index in [9.17, 15) is 13.2 Å². The fourth-order valence-electron chi connectivity index (χ4n) is 1.60. The van der Waals surface area contributed by atoms with Gasteiger partial charge in [-0.05, 0) is 29.8 Å². The van der Waals surface area contributed by atoms with Crippen LogP contribution in [0, 0.1) is 17.5 Å². The molecular weight excluding hydrogens is 245 g/mol. The predicted molar refractivity (Wildman–Crippen MR) is 60.0 cm³/mol. The molecule has 2 nitrogen and oxygen atoms in total. The molecule has 5 heteroatoms. The minimum Gasteiger partial charge on any atom is -0.505 e. The fraction of sp³-hybridized carbons (Fsp3) is 0.0769. The van der Waals surface area contributed by atoms with E-state index < -0.39 is 23.2 Å². The van der Waals surface area contributed by atoms with Crippen molar-refractivity contribution in [3.63, 3.8) is 0 Å². The molecule has 0 bridgehead atoms. The molecular formula is C13H9F3O2. The minimum atomic E-state index is -1.36. The smallest absolute Gasteiger partial charge is 0.200 e. The zero-order valence-corrected chi connectivity index (χ0v) is 9.38. The summed E-state index contributed by atoms with van der Waals surface area (Å²) in [7, 11) is 1.30. The number of phenolic OH excluding ortho intramolecular Hbond substituents is 1. The van der Waals surface area contributed by atoms with Crippen LogP contribution in [-0.4, -0.2) is 12.2 Å². The zero-order chi connectivity index (χ0) is 13.3. The molecule has 2 aromatic rings. The third-order valence-electron chi connectivity index (χ3n) is 2.52. The van der Waals surface area contributed by atoms with E-state index in [0.29, 0.717) is 0 Å². The Morgan fingerprint density at radius 2 is 1.72 bits per heavy atom. The van der Waals surface area contributed by atoms with Gasteiger partial charge in [-0.25, -0.2) is 8.78 Å². The lowest BCUT2D eigenvalue weighted by atomic mass is 10.0. The maximum Gasteiger partial charge on any atom is 0.200 e. The van der Waals surface area contributed by atoms with Crippen LogP contribution in [-0.2, 0) is 0 Å². The molecule has 18 heavy (non-hydrogen) atoms. The number of hydrogen-bond acceptors (Lipinski definition) is 2. The Balaban J connectivity index is 2.56. The normalized spacial score (nSPS) is 10.4. The molecule has 1 N–H and O–H groups in total. The number of aromatic hydroxyl groups is 1. The number of methoxy groups -OCH3 is 1. The second kappa shape index (κ2) is 4.60. The minimum absolute atomic E-state index is 0.0124. The maximum absolute atomic E-state index is 13.6. The number of hydrogen-bond donors (Lipinski definition) is 1. The van der Waals surface area contributed by atoms with E-state index in [-0.39, 0.29) is 16.9 Å². The van der Waals surface area contributed by atoms with Crippen LogP contribution in [0.4, 0.5) is 13.2 Å². The highest BCUT2D eigenvalue weighted by Gasteiger charge is 2.15. The van der Waals surface area contributed by atoms with E-state index >= 15 is 0 Å². The van der Waals surface area contributed by atoms with Crippen molar-refractivity contribution in [3.8, 4) is 22.6 Å². The monoisotopic (exact) mass is 254 g/mol. The first kappa shape index (κ1) is 12.3. The molecule has 2 aromatic carbocycles. The van der Waals surface area contributed by atoms with E-state index in [4.69, 9.17) is 9.84 Å². The highest BCUT2D eigenvalue weighted by Crippen LogP contribution is 2.31. The predicted octanol–water partition coefficient (Wildman–Crippen LogP) is 3.49. The Morgan fingerprint density at radius 3 is 2.33 bits per heavy atom. The Kier molecular flexibility index (Phi) is 3.14. The lowest BCUT2D eigenvalue weighted by Crippen LogP contribution is -1.92. The summed E-state index contributed by atoms with van der Waals surface area (Å²) < 4.78 is 44.9. The van der Waals surface area contributed by atoms with Crippen molar-refractivity contribution in [2.75, 3.05) is 7.11 Å². The molecule has 0 radical (unpaired) electrons. The van der Waals surface area contributed by atoms with Crippen molar-refractivity contribution in [3.05, 3.63) is 47.8 Å². The second-order valence-corrected chi connectivity index (χ2v) is 3.61. The van der Waals surface area contributed by atoms with Gasteiger partial charge >= 0.3 is 0 Å². The Bertz CT molecular complexity index is 597. The number of rotatable bonds is 2. The van der Waals surface area contributed by atoms with Crippen LogP contribution in [0.3, 0.4) is 0 Å². The van der Waals surface area contributed by atoms with Crippen molar-refractivity contribution < 1.29 is 23.0 Å². The van der Waals surface area contributed by atoms with Crippen LogP contribution < -0.4 is 4.74 Å². The topological polar surface area (TPSA) is 29.5 Å². The first-order chi connectivity index (χ1) is 8.54. The second-order valence-electron chi connectivity index (χ2n) is 3.61. The molecule has 0 atom stereocenters. The lowest BCUT2D eigenvalue weighted by Gasteiger charge is -2.07. The third-order valence-corrected chi connectivity index (χ3v) is 2.52. The zero-order valence-electron chi connectivity index (χ0n) is 9.38. The molecule has 0 aliphatic carbocycles. The molecule has 0 aromatic heterocycles. The molecule has 0 saturated carbocycles. The molecule has 0 aliphatic heterocycles. The van der Waals surface area contributed by atoms with Crippen LogP contribution in [0.2, 0.25) is 0 Å². The van der Waals surface area contributed by atoms with Gasteiger partial charge in [-0.15, -0.1) is 0 Å². The molecule has 0 unspecified atom stereocenters. The summed E-state index contributed by atoms with van der Waals surface area (Å²) in [6.45, 7) is 0. The van der Waals surface area contributed by atoms with Gasteiger partial charge in [0.05, 0.1) is 7.11 Å². The molecule has 0 aliphatic rings. The average molecular weight is 254 g/mol. The van der Waals surface area contributed by atoms with Gasteiger partial charge in [-0.3, -0.25) is 0 Å². The van der Waals surface area contributed by atoms with Gasteiger partial charge in [-0.1, -0.05) is 6.07 Å². The number of ether oxygens (including phenoxy) is 1. The molecule has 0 fully saturated rings. The van der Waals surface area contributed by atoms with Crippen molar-refractivity contribution in [2.24, 2.45) is 0 Å². The Labute approximate surface area is 101 Å². The first-order valence-corrected chi connectivity index (χ1v) is 5.05. The number of halogens is 3. The number of benzene rings is 2. The molecule has 0 amide bonds. The summed E-state index contributed by atoms with van der Waals surface area (Å²) in [5.74, 6) is -4.03. The van der Waals surface area contributed by atoms with Gasteiger partial charge in [0.25, 0.3) is 0 Å². The van der Waals surface area contributed by atoms with E-state index in [1.165, 1.54) is 25.3 Å². The van der Waals surface area contributed by atoms with Crippen LogP contribution in [0.25, 0.3) is 11.1 Å². The number of phenols is 1. The molecule has 2 rings (SSSR count). The summed E-state index contributed by atoms with van der Waals surface area (Å²) in [6.07, 6.45) is 0. The average Bonchev–Trinajstić information content (AvgIpc) is 2.36. The van der Waals surface area contributed by atoms with Gasteiger partial charge in [0.1, 0.15) is 0 Å². The van der Waals surface area contributed by atoms with Gasteiger partial charge in [-0.2, -0.15) is 4.39 Å². The van der Waals surface area contributed by atoms with Crippen LogP contribution in [0.15, 0.2) is 30.3 Å². The fourth-order valence-corrected chi connectivity index (χ4v) is 1.60. The lowest BCUT2D eigenvalue weighted by molar-refractivity contribution is 0.386. The summed E-state index contributed by atoms with van der Waals surface area (Å²) in [4.78, 5) is 0. The third kappa shape index (κ3) is 1.99. The van der Waals surface area contributed by atoms with Crippen molar-refractivity contribution in [1.29, 1.82) is 0 Å². The summed E-state index contributed by atoms with van der Waals surface area (Å²) in [5, 5.41) is 9.00. The molecule has 0 saturated heterocycles. The van der Waals surface area contributed by atoms with Crippen LogP contribution in [0.1, 0.15) is 0 Å². The molecule has 0 heterocycles. The Morgan fingerprint density at radius 1 is 1.00 bits per heavy atom. The highest BCUT2D eigenvalue weighted by atomic mass is 19.2. The molecule has 94 valence electrons. The quantitative estimate of drug-likeness (QED) is 0.888. The van der Waals surface area contributed by atoms with Gasteiger partial charge in [0.15, 0.2) is 23.1 Å². The van der Waals surface area contributed by atoms with Crippen molar-refractivity contribution >= 4 is 0 Å². The Hall–Kier alpha value is -2.17. The summed E-state index contributed by atoms with van der Waals surface area (Å²) >= 11 is 0. The largest absolute Gasteiger partial charge is 0.505 e. The first-order valence-electron chi connectivity index (χ1n) is 5.05. The summed E-state index contributed by atoms with van der Waals surface area (Å²) in [5.41, 5.74) is 0.0246.